The van der Waals surface area contributed by atoms with Crippen LogP contribution in [0.5, 0.6) is 0 Å². The molecule has 2 aliphatic carbocycles. The molecule has 4 nitrogen and oxygen atoms in total. The number of esters is 1. The fourth-order valence-corrected chi connectivity index (χ4v) is 6.60. The second kappa shape index (κ2) is 5.94. The molecule has 3 heterocycles. The molecule has 0 aromatic heterocycles. The molecule has 0 radical (unpaired) electrons. The molecule has 0 aromatic carbocycles. The molecule has 4 heteroatoms. The first-order chi connectivity index (χ1) is 12.1. The van der Waals surface area contributed by atoms with Gasteiger partial charge in [0.25, 0.3) is 0 Å². The van der Waals surface area contributed by atoms with Gasteiger partial charge in [0, 0.05) is 18.4 Å². The average Bonchev–Trinajstić information content (AvgIpc) is 2.98. The lowest BCUT2D eigenvalue weighted by Gasteiger charge is -2.68. The highest BCUT2D eigenvalue weighted by Gasteiger charge is 2.73. The molecule has 0 unspecified atom stereocenters. The van der Waals surface area contributed by atoms with Crippen molar-refractivity contribution in [1.29, 1.82) is 0 Å². The summed E-state index contributed by atoms with van der Waals surface area (Å²) in [5, 5.41) is 0. The van der Waals surface area contributed by atoms with E-state index in [2.05, 4.69) is 24.0 Å². The number of hydrogen-bond acceptors (Lipinski definition) is 4. The predicted octanol–water partition coefficient (Wildman–Crippen LogP) is 3.64. The summed E-state index contributed by atoms with van der Waals surface area (Å²) in [5.41, 5.74) is -0.797. The van der Waals surface area contributed by atoms with Gasteiger partial charge in [-0.25, -0.2) is 0 Å². The average molecular weight is 345 g/mol. The number of ether oxygens (including phenoxy) is 1. The van der Waals surface area contributed by atoms with Gasteiger partial charge in [-0.05, 0) is 32.6 Å². The topological polar surface area (TPSA) is 46.6 Å². The van der Waals surface area contributed by atoms with Crippen LogP contribution in [-0.2, 0) is 14.3 Å². The van der Waals surface area contributed by atoms with E-state index >= 15 is 0 Å². The Hall–Kier alpha value is -1.16. The van der Waals surface area contributed by atoms with Gasteiger partial charge in [0.2, 0.25) is 0 Å². The zero-order chi connectivity index (χ0) is 17.7. The quantitative estimate of drug-likeness (QED) is 0.564. The fourth-order valence-electron chi connectivity index (χ4n) is 6.60. The van der Waals surface area contributed by atoms with Gasteiger partial charge in [0.15, 0.2) is 5.78 Å². The summed E-state index contributed by atoms with van der Waals surface area (Å²) in [7, 11) is 0. The van der Waals surface area contributed by atoms with Crippen LogP contribution in [0.25, 0.3) is 0 Å². The van der Waals surface area contributed by atoms with E-state index in [0.717, 1.165) is 57.9 Å². The van der Waals surface area contributed by atoms with Crippen LogP contribution in [0.4, 0.5) is 0 Å². The third-order valence-electron chi connectivity index (χ3n) is 7.59. The number of fused-ring (bicyclic) bond motifs is 1. The standard InChI is InChI=1S/C21H31NO3/c1-3-5-10-20-13-12-19(15-16(20)18(24)25-4-2)9-6-7-11-21(19)17(23)8-14-22(20)21/h12-13,16H,3-11,14-15H2,1-2H3/t16-,19-,20+,21+/m1/s1. The lowest BCUT2D eigenvalue weighted by molar-refractivity contribution is -0.186. The number of carbonyl (C=O) groups is 2. The molecule has 2 bridgehead atoms. The van der Waals surface area contributed by atoms with Gasteiger partial charge in [-0.3, -0.25) is 14.5 Å². The van der Waals surface area contributed by atoms with Gasteiger partial charge in [0.05, 0.1) is 23.6 Å². The monoisotopic (exact) mass is 345 g/mol. The predicted molar refractivity (Wildman–Crippen MR) is 96.1 cm³/mol. The highest BCUT2D eigenvalue weighted by molar-refractivity contribution is 5.94. The molecule has 2 spiro atoms. The van der Waals surface area contributed by atoms with Crippen LogP contribution < -0.4 is 0 Å². The van der Waals surface area contributed by atoms with Crippen LogP contribution >= 0.6 is 0 Å². The minimum absolute atomic E-state index is 0.0548. The highest BCUT2D eigenvalue weighted by atomic mass is 16.5. The smallest absolute Gasteiger partial charge is 0.311 e. The van der Waals surface area contributed by atoms with E-state index < -0.39 is 0 Å². The van der Waals surface area contributed by atoms with Crippen molar-refractivity contribution in [2.45, 2.75) is 82.7 Å². The van der Waals surface area contributed by atoms with E-state index in [1.54, 1.807) is 0 Å². The molecule has 0 N–H and O–H groups in total. The van der Waals surface area contributed by atoms with Crippen molar-refractivity contribution >= 4 is 11.8 Å². The molecule has 3 aliphatic heterocycles. The Kier molecular flexibility index (Phi) is 4.10. The third-order valence-corrected chi connectivity index (χ3v) is 7.59. The van der Waals surface area contributed by atoms with Crippen molar-refractivity contribution in [2.24, 2.45) is 11.3 Å². The molecular formula is C21H31NO3. The van der Waals surface area contributed by atoms with Crippen molar-refractivity contribution < 1.29 is 14.3 Å². The van der Waals surface area contributed by atoms with E-state index in [0.29, 0.717) is 18.8 Å². The lowest BCUT2D eigenvalue weighted by atomic mass is 9.47. The van der Waals surface area contributed by atoms with Gasteiger partial charge in [-0.1, -0.05) is 44.8 Å². The molecule has 1 saturated carbocycles. The Morgan fingerprint density at radius 2 is 2.08 bits per heavy atom. The third kappa shape index (κ3) is 2.03. The lowest BCUT2D eigenvalue weighted by Crippen LogP contribution is -2.77. The Morgan fingerprint density at radius 3 is 2.84 bits per heavy atom. The number of carbonyl (C=O) groups excluding carboxylic acids is 2. The van der Waals surface area contributed by atoms with Crippen molar-refractivity contribution in [2.75, 3.05) is 13.2 Å². The number of piperidine rings is 1. The molecule has 25 heavy (non-hydrogen) atoms. The van der Waals surface area contributed by atoms with Gasteiger partial charge in [-0.15, -0.1) is 0 Å². The van der Waals surface area contributed by atoms with Crippen LogP contribution in [0, 0.1) is 11.3 Å². The first kappa shape index (κ1) is 17.3. The molecule has 5 aliphatic rings. The zero-order valence-electron chi connectivity index (χ0n) is 15.7. The second-order valence-electron chi connectivity index (χ2n) is 8.49. The number of ketones is 1. The van der Waals surface area contributed by atoms with E-state index in [-0.39, 0.29) is 28.4 Å². The second-order valence-corrected chi connectivity index (χ2v) is 8.49. The summed E-state index contributed by atoms with van der Waals surface area (Å²) >= 11 is 0. The summed E-state index contributed by atoms with van der Waals surface area (Å²) in [5.74, 6) is 0.252. The summed E-state index contributed by atoms with van der Waals surface area (Å²) < 4.78 is 5.50. The number of Topliss-reactive ketones (excluding diaryl/α,β-unsaturated/α-hetero) is 1. The van der Waals surface area contributed by atoms with Gasteiger partial charge in [-0.2, -0.15) is 0 Å². The van der Waals surface area contributed by atoms with Crippen molar-refractivity contribution in [1.82, 2.24) is 4.90 Å². The zero-order valence-corrected chi connectivity index (χ0v) is 15.7. The Balaban J connectivity index is 1.85. The van der Waals surface area contributed by atoms with Crippen molar-refractivity contribution in [3.8, 4) is 0 Å². The minimum Gasteiger partial charge on any atom is -0.466 e. The Morgan fingerprint density at radius 1 is 1.28 bits per heavy atom. The van der Waals surface area contributed by atoms with Gasteiger partial charge < -0.3 is 4.74 Å². The summed E-state index contributed by atoms with van der Waals surface area (Å²) in [6, 6.07) is 0. The molecule has 0 aromatic rings. The number of hydrogen-bond donors (Lipinski definition) is 0. The number of nitrogens with zero attached hydrogens (tertiary/aromatic N) is 1. The van der Waals surface area contributed by atoms with Crippen LogP contribution in [0.2, 0.25) is 0 Å². The molecule has 0 amide bonds. The maximum atomic E-state index is 13.2. The summed E-state index contributed by atoms with van der Waals surface area (Å²) in [6.45, 7) is 5.32. The maximum Gasteiger partial charge on any atom is 0.311 e. The first-order valence-electron chi connectivity index (χ1n) is 10.2. The van der Waals surface area contributed by atoms with Crippen LogP contribution in [-0.4, -0.2) is 40.9 Å². The Bertz CT molecular complexity index is 614. The van der Waals surface area contributed by atoms with Crippen LogP contribution in [0.15, 0.2) is 12.2 Å². The number of unbranched alkanes of at least 4 members (excludes halogenated alkanes) is 1. The number of rotatable bonds is 5. The Labute approximate surface area is 151 Å². The SMILES string of the molecule is CCCC[C@@]12C=C[C@]3(CCCC[C@]34C(=O)CCN14)C[C@@H]2C(=O)OCC. The molecule has 5 rings (SSSR count). The van der Waals surface area contributed by atoms with Crippen molar-refractivity contribution in [3.63, 3.8) is 0 Å². The van der Waals surface area contributed by atoms with Crippen molar-refractivity contribution in [3.05, 3.63) is 12.2 Å². The summed E-state index contributed by atoms with van der Waals surface area (Å²) in [6.07, 6.45) is 13.5. The van der Waals surface area contributed by atoms with Gasteiger partial charge >= 0.3 is 5.97 Å². The molecular weight excluding hydrogens is 314 g/mol. The van der Waals surface area contributed by atoms with Crippen LogP contribution in [0.1, 0.15) is 71.6 Å². The largest absolute Gasteiger partial charge is 0.466 e. The molecule has 3 fully saturated rings. The molecule has 138 valence electrons. The maximum absolute atomic E-state index is 13.2. The first-order valence-corrected chi connectivity index (χ1v) is 10.2. The van der Waals surface area contributed by atoms with E-state index in [9.17, 15) is 9.59 Å². The fraction of sp³-hybridized carbons (Fsp3) is 0.810. The van der Waals surface area contributed by atoms with Gasteiger partial charge in [0.1, 0.15) is 0 Å². The highest BCUT2D eigenvalue weighted by Crippen LogP contribution is 2.66. The minimum atomic E-state index is -0.337. The van der Waals surface area contributed by atoms with E-state index in [1.807, 2.05) is 6.92 Å². The normalized spacial score (nSPS) is 42.3. The van der Waals surface area contributed by atoms with E-state index in [4.69, 9.17) is 4.74 Å². The summed E-state index contributed by atoms with van der Waals surface area (Å²) in [4.78, 5) is 28.6. The van der Waals surface area contributed by atoms with E-state index in [1.165, 1.54) is 0 Å². The van der Waals surface area contributed by atoms with Crippen LogP contribution in [0.3, 0.4) is 0 Å². The molecule has 2 saturated heterocycles. The molecule has 4 atom stereocenters.